The molecule has 0 spiro atoms. The maximum Gasteiger partial charge on any atom is 0.136 e. The summed E-state index contributed by atoms with van der Waals surface area (Å²) in [5.74, 6) is 4.96. The van der Waals surface area contributed by atoms with Crippen molar-refractivity contribution in [3.63, 3.8) is 0 Å². The lowest BCUT2D eigenvalue weighted by Crippen LogP contribution is -2.56. The number of hydrogen-bond acceptors (Lipinski definition) is 1. The van der Waals surface area contributed by atoms with Gasteiger partial charge in [-0.2, -0.15) is 0 Å². The van der Waals surface area contributed by atoms with Crippen LogP contribution in [0.5, 0.6) is 0 Å². The van der Waals surface area contributed by atoms with Gasteiger partial charge in [0.1, 0.15) is 5.78 Å². The Labute approximate surface area is 168 Å². The fourth-order valence-electron chi connectivity index (χ4n) is 8.49. The average molecular weight is 373 g/mol. The second kappa shape index (κ2) is 7.49. The van der Waals surface area contributed by atoms with Crippen molar-refractivity contribution in [1.29, 1.82) is 0 Å². The van der Waals surface area contributed by atoms with E-state index in [2.05, 4.69) is 27.7 Å². The van der Waals surface area contributed by atoms with E-state index in [-0.39, 0.29) is 0 Å². The van der Waals surface area contributed by atoms with Crippen LogP contribution in [-0.2, 0) is 4.79 Å². The SMILES string of the molecule is CC(C)CCCCC1CCC2C3C(=O)CC4CCCCC4(C)C3CCC12C. The Hall–Kier alpha value is -0.330. The zero-order valence-corrected chi connectivity index (χ0v) is 18.6. The molecule has 4 saturated carbocycles. The van der Waals surface area contributed by atoms with Gasteiger partial charge in [-0.05, 0) is 85.4 Å². The molecule has 0 N–H and O–H groups in total. The van der Waals surface area contributed by atoms with Crippen molar-refractivity contribution in [2.45, 2.75) is 111 Å². The molecular formula is C26H44O. The van der Waals surface area contributed by atoms with Gasteiger partial charge in [0.15, 0.2) is 0 Å². The average Bonchev–Trinajstić information content (AvgIpc) is 2.95. The topological polar surface area (TPSA) is 17.1 Å². The van der Waals surface area contributed by atoms with E-state index in [9.17, 15) is 4.79 Å². The Balaban J connectivity index is 1.48. The van der Waals surface area contributed by atoms with Crippen LogP contribution in [0, 0.1) is 46.3 Å². The molecule has 0 aromatic carbocycles. The molecule has 27 heavy (non-hydrogen) atoms. The van der Waals surface area contributed by atoms with E-state index in [1.54, 1.807) is 0 Å². The quantitative estimate of drug-likeness (QED) is 0.458. The number of ketones is 1. The molecule has 0 bridgehead atoms. The van der Waals surface area contributed by atoms with Crippen LogP contribution in [0.15, 0.2) is 0 Å². The van der Waals surface area contributed by atoms with Crippen LogP contribution >= 0.6 is 0 Å². The van der Waals surface area contributed by atoms with Gasteiger partial charge >= 0.3 is 0 Å². The minimum Gasteiger partial charge on any atom is -0.299 e. The van der Waals surface area contributed by atoms with Crippen LogP contribution in [0.3, 0.4) is 0 Å². The smallest absolute Gasteiger partial charge is 0.136 e. The van der Waals surface area contributed by atoms with Crippen LogP contribution in [0.2, 0.25) is 0 Å². The summed E-state index contributed by atoms with van der Waals surface area (Å²) in [6, 6.07) is 0. The summed E-state index contributed by atoms with van der Waals surface area (Å²) in [7, 11) is 0. The van der Waals surface area contributed by atoms with Gasteiger partial charge in [0.25, 0.3) is 0 Å². The largest absolute Gasteiger partial charge is 0.299 e. The molecule has 154 valence electrons. The first-order chi connectivity index (χ1) is 12.9. The maximum absolute atomic E-state index is 13.4. The van der Waals surface area contributed by atoms with Gasteiger partial charge in [-0.25, -0.2) is 0 Å². The van der Waals surface area contributed by atoms with Crippen LogP contribution in [-0.4, -0.2) is 5.78 Å². The third-order valence-electron chi connectivity index (χ3n) is 10.2. The maximum atomic E-state index is 13.4. The number of carbonyl (C=O) groups excluding carboxylic acids is 1. The van der Waals surface area contributed by atoms with E-state index in [1.165, 1.54) is 77.0 Å². The molecule has 0 amide bonds. The number of rotatable bonds is 5. The molecule has 1 nitrogen and oxygen atoms in total. The standard InChI is InChI=1S/C26H44O/c1-18(2)9-5-6-10-19-12-13-21-24-22(14-16-26(19,21)4)25(3)15-8-7-11-20(25)17-23(24)27/h18-22,24H,5-17H2,1-4H3. The second-order valence-corrected chi connectivity index (χ2v) is 11.9. The molecule has 0 saturated heterocycles. The molecule has 4 rings (SSSR count). The number of Topliss-reactive ketones (excluding diaryl/α,β-unsaturated/α-hetero) is 1. The lowest BCUT2D eigenvalue weighted by atomic mass is 9.44. The number of fused-ring (bicyclic) bond motifs is 5. The number of unbranched alkanes of at least 4 members (excludes halogenated alkanes) is 1. The van der Waals surface area contributed by atoms with Gasteiger partial charge in [-0.15, -0.1) is 0 Å². The van der Waals surface area contributed by atoms with E-state index >= 15 is 0 Å². The zero-order chi connectivity index (χ0) is 19.2. The first-order valence-corrected chi connectivity index (χ1v) is 12.4. The van der Waals surface area contributed by atoms with Crippen molar-refractivity contribution in [2.75, 3.05) is 0 Å². The molecule has 0 aliphatic heterocycles. The second-order valence-electron chi connectivity index (χ2n) is 11.9. The zero-order valence-electron chi connectivity index (χ0n) is 18.6. The van der Waals surface area contributed by atoms with E-state index < -0.39 is 0 Å². The molecule has 4 aliphatic rings. The van der Waals surface area contributed by atoms with Gasteiger partial charge in [0.2, 0.25) is 0 Å². The van der Waals surface area contributed by atoms with E-state index in [1.807, 2.05) is 0 Å². The highest BCUT2D eigenvalue weighted by atomic mass is 16.1. The highest BCUT2D eigenvalue weighted by Gasteiger charge is 2.61. The van der Waals surface area contributed by atoms with Gasteiger partial charge < -0.3 is 0 Å². The molecule has 7 atom stereocenters. The van der Waals surface area contributed by atoms with Crippen molar-refractivity contribution in [3.05, 3.63) is 0 Å². The molecule has 0 aromatic rings. The monoisotopic (exact) mass is 372 g/mol. The van der Waals surface area contributed by atoms with Crippen LogP contribution in [0.4, 0.5) is 0 Å². The summed E-state index contributed by atoms with van der Waals surface area (Å²) < 4.78 is 0. The van der Waals surface area contributed by atoms with Gasteiger partial charge in [-0.1, -0.05) is 59.8 Å². The highest BCUT2D eigenvalue weighted by Crippen LogP contribution is 2.67. The molecule has 4 aliphatic carbocycles. The predicted octanol–water partition coefficient (Wildman–Crippen LogP) is 7.43. The van der Waals surface area contributed by atoms with Crippen LogP contribution in [0.1, 0.15) is 111 Å². The summed E-state index contributed by atoms with van der Waals surface area (Å²) >= 11 is 0. The third-order valence-corrected chi connectivity index (χ3v) is 10.2. The third kappa shape index (κ3) is 3.33. The molecule has 1 heteroatoms. The van der Waals surface area contributed by atoms with Crippen molar-refractivity contribution in [2.24, 2.45) is 46.3 Å². The molecule has 0 heterocycles. The van der Waals surface area contributed by atoms with Crippen molar-refractivity contribution in [3.8, 4) is 0 Å². The minimum absolute atomic E-state index is 0.420. The highest BCUT2D eigenvalue weighted by molar-refractivity contribution is 5.83. The minimum atomic E-state index is 0.420. The van der Waals surface area contributed by atoms with E-state index in [4.69, 9.17) is 0 Å². The summed E-state index contributed by atoms with van der Waals surface area (Å²) in [5, 5.41) is 0. The normalized spacial score (nSPS) is 46.9. The summed E-state index contributed by atoms with van der Waals surface area (Å²) in [4.78, 5) is 13.4. The summed E-state index contributed by atoms with van der Waals surface area (Å²) in [6.45, 7) is 9.88. The van der Waals surface area contributed by atoms with Crippen molar-refractivity contribution >= 4 is 5.78 Å². The predicted molar refractivity (Wildman–Crippen MR) is 114 cm³/mol. The first kappa shape index (κ1) is 20.0. The number of carbonyl (C=O) groups is 1. The molecule has 0 aromatic heterocycles. The number of hydrogen-bond donors (Lipinski definition) is 0. The van der Waals surface area contributed by atoms with Gasteiger partial charge in [0, 0.05) is 12.3 Å². The lowest BCUT2D eigenvalue weighted by Gasteiger charge is -2.59. The Morgan fingerprint density at radius 3 is 2.48 bits per heavy atom. The van der Waals surface area contributed by atoms with Crippen LogP contribution in [0.25, 0.3) is 0 Å². The summed E-state index contributed by atoms with van der Waals surface area (Å²) in [6.07, 6.45) is 17.5. The fourth-order valence-corrected chi connectivity index (χ4v) is 8.49. The van der Waals surface area contributed by atoms with Crippen LogP contribution < -0.4 is 0 Å². The molecular weight excluding hydrogens is 328 g/mol. The van der Waals surface area contributed by atoms with E-state index in [0.717, 1.165) is 18.3 Å². The van der Waals surface area contributed by atoms with Crippen molar-refractivity contribution in [1.82, 2.24) is 0 Å². The molecule has 7 unspecified atom stereocenters. The van der Waals surface area contributed by atoms with Crippen molar-refractivity contribution < 1.29 is 4.79 Å². The Kier molecular flexibility index (Phi) is 5.54. The lowest BCUT2D eigenvalue weighted by molar-refractivity contribution is -0.155. The van der Waals surface area contributed by atoms with Gasteiger partial charge in [0.05, 0.1) is 0 Å². The van der Waals surface area contributed by atoms with Gasteiger partial charge in [-0.3, -0.25) is 4.79 Å². The Morgan fingerprint density at radius 2 is 1.70 bits per heavy atom. The Morgan fingerprint density at radius 1 is 0.926 bits per heavy atom. The van der Waals surface area contributed by atoms with E-state index in [0.29, 0.717) is 40.3 Å². The Bertz CT molecular complexity index is 550. The molecule has 4 fully saturated rings. The summed E-state index contributed by atoms with van der Waals surface area (Å²) in [5.41, 5.74) is 0.944. The first-order valence-electron chi connectivity index (χ1n) is 12.4. The fraction of sp³-hybridized carbons (Fsp3) is 0.962. The molecule has 0 radical (unpaired) electrons.